The Morgan fingerprint density at radius 3 is 2.52 bits per heavy atom. The minimum absolute atomic E-state index is 0.114. The van der Waals surface area contributed by atoms with Gasteiger partial charge in [-0.25, -0.2) is 0 Å². The topological polar surface area (TPSA) is 56.1 Å². The highest BCUT2D eigenvalue weighted by atomic mass is 35.5. The van der Waals surface area contributed by atoms with Crippen LogP contribution in [-0.2, 0) is 21.5 Å². The second-order valence-corrected chi connectivity index (χ2v) is 10.8. The van der Waals surface area contributed by atoms with Crippen molar-refractivity contribution in [2.24, 2.45) is 17.8 Å². The number of hydrogen-bond donors (Lipinski definition) is 1. The Kier molecular flexibility index (Phi) is 5.13. The number of aromatic nitrogens is 2. The van der Waals surface area contributed by atoms with Crippen LogP contribution in [0.2, 0.25) is 5.02 Å². The van der Waals surface area contributed by atoms with Crippen LogP contribution in [0.25, 0.3) is 10.9 Å². The smallest absolute Gasteiger partial charge is 0.327 e. The molecule has 4 fully saturated rings. The second-order valence-electron chi connectivity index (χ2n) is 10.4. The molecule has 0 amide bonds. The molecule has 7 rings (SSSR count). The van der Waals surface area contributed by atoms with E-state index in [0.29, 0.717) is 12.0 Å². The molecule has 172 valence electrons. The first kappa shape index (κ1) is 21.0. The minimum Gasteiger partial charge on any atom is -0.465 e. The van der Waals surface area contributed by atoms with E-state index in [0.717, 1.165) is 45.1 Å². The van der Waals surface area contributed by atoms with Crippen molar-refractivity contribution in [2.75, 3.05) is 11.9 Å². The Hall–Kier alpha value is -2.53. The molecule has 4 bridgehead atoms. The van der Waals surface area contributed by atoms with Gasteiger partial charge in [-0.3, -0.25) is 9.48 Å². The quantitative estimate of drug-likeness (QED) is 0.426. The van der Waals surface area contributed by atoms with E-state index in [4.69, 9.17) is 16.3 Å². The van der Waals surface area contributed by atoms with E-state index >= 15 is 0 Å². The van der Waals surface area contributed by atoms with Gasteiger partial charge >= 0.3 is 5.97 Å². The van der Waals surface area contributed by atoms with Gasteiger partial charge in [0.2, 0.25) is 0 Å². The molecule has 0 aliphatic heterocycles. The molecular formula is C27H30ClN3O2. The van der Waals surface area contributed by atoms with Gasteiger partial charge in [0.05, 0.1) is 22.8 Å². The lowest BCUT2D eigenvalue weighted by Gasteiger charge is -2.57. The average molecular weight is 464 g/mol. The highest BCUT2D eigenvalue weighted by molar-refractivity contribution is 6.33. The van der Waals surface area contributed by atoms with E-state index in [2.05, 4.69) is 28.6 Å². The van der Waals surface area contributed by atoms with Gasteiger partial charge in [-0.2, -0.15) is 5.10 Å². The molecule has 1 aromatic heterocycles. The lowest BCUT2D eigenvalue weighted by molar-refractivity contribution is -0.144. The van der Waals surface area contributed by atoms with E-state index in [1.807, 2.05) is 24.4 Å². The minimum atomic E-state index is -0.283. The van der Waals surface area contributed by atoms with E-state index < -0.39 is 0 Å². The van der Waals surface area contributed by atoms with Gasteiger partial charge in [-0.05, 0) is 105 Å². The standard InChI is InChI=1S/C27H30ClN3O2/c1-2-33-26(32)16-31-15-20-10-22(4-6-24(20)30-31)29-25-5-3-21(11-23(25)28)27-12-17-7-18(13-27)9-19(8-17)14-27/h3-6,10-11,15,17-19,29H,2,7-9,12-14,16H2,1H3. The molecule has 33 heavy (non-hydrogen) atoms. The molecule has 0 atom stereocenters. The van der Waals surface area contributed by atoms with Crippen molar-refractivity contribution in [3.05, 3.63) is 53.2 Å². The summed E-state index contributed by atoms with van der Waals surface area (Å²) in [6, 6.07) is 12.6. The van der Waals surface area contributed by atoms with Gasteiger partial charge in [0.1, 0.15) is 6.54 Å². The maximum Gasteiger partial charge on any atom is 0.327 e. The number of nitrogens with zero attached hydrogens (tertiary/aromatic N) is 2. The number of carbonyl (C=O) groups is 1. The largest absolute Gasteiger partial charge is 0.465 e. The summed E-state index contributed by atoms with van der Waals surface area (Å²) in [4.78, 5) is 11.8. The summed E-state index contributed by atoms with van der Waals surface area (Å²) in [6.07, 6.45) is 10.2. The second kappa shape index (κ2) is 8.05. The van der Waals surface area contributed by atoms with Crippen LogP contribution in [-0.4, -0.2) is 22.4 Å². The summed E-state index contributed by atoms with van der Waals surface area (Å²) < 4.78 is 6.64. The predicted molar refractivity (Wildman–Crippen MR) is 131 cm³/mol. The molecule has 6 heteroatoms. The van der Waals surface area contributed by atoms with E-state index in [9.17, 15) is 4.79 Å². The summed E-state index contributed by atoms with van der Waals surface area (Å²) in [7, 11) is 0. The van der Waals surface area contributed by atoms with E-state index in [1.165, 1.54) is 44.1 Å². The first-order chi connectivity index (χ1) is 16.0. The van der Waals surface area contributed by atoms with E-state index in [1.54, 1.807) is 11.6 Å². The monoisotopic (exact) mass is 463 g/mol. The van der Waals surface area contributed by atoms with Crippen molar-refractivity contribution in [2.45, 2.75) is 57.4 Å². The van der Waals surface area contributed by atoms with Crippen molar-refractivity contribution < 1.29 is 9.53 Å². The Morgan fingerprint density at radius 2 is 1.85 bits per heavy atom. The molecule has 1 N–H and O–H groups in total. The Labute approximate surface area is 199 Å². The predicted octanol–water partition coefficient (Wildman–Crippen LogP) is 6.46. The molecule has 1 heterocycles. The molecule has 4 saturated carbocycles. The third-order valence-electron chi connectivity index (χ3n) is 8.05. The number of halogens is 1. The van der Waals surface area contributed by atoms with Crippen molar-refractivity contribution in [1.82, 2.24) is 9.78 Å². The average Bonchev–Trinajstić information content (AvgIpc) is 3.15. The lowest BCUT2D eigenvalue weighted by atomic mass is 9.48. The van der Waals surface area contributed by atoms with Crippen LogP contribution in [0.3, 0.4) is 0 Å². The zero-order valence-corrected chi connectivity index (χ0v) is 19.8. The zero-order chi connectivity index (χ0) is 22.6. The zero-order valence-electron chi connectivity index (χ0n) is 19.0. The summed E-state index contributed by atoms with van der Waals surface area (Å²) in [5, 5.41) is 9.68. The number of hydrogen-bond acceptors (Lipinski definition) is 4. The number of ether oxygens (including phenoxy) is 1. The Balaban J connectivity index is 1.21. The Morgan fingerprint density at radius 1 is 1.12 bits per heavy atom. The van der Waals surface area contributed by atoms with Crippen LogP contribution in [0.4, 0.5) is 11.4 Å². The van der Waals surface area contributed by atoms with Crippen LogP contribution in [0.5, 0.6) is 0 Å². The van der Waals surface area contributed by atoms with Crippen molar-refractivity contribution in [3.63, 3.8) is 0 Å². The van der Waals surface area contributed by atoms with Gasteiger partial charge in [-0.1, -0.05) is 17.7 Å². The Bertz CT molecular complexity index is 1180. The lowest BCUT2D eigenvalue weighted by Crippen LogP contribution is -2.48. The molecule has 2 aromatic carbocycles. The van der Waals surface area contributed by atoms with Gasteiger partial charge in [0, 0.05) is 17.3 Å². The fraction of sp³-hybridized carbons (Fsp3) is 0.481. The highest BCUT2D eigenvalue weighted by Crippen LogP contribution is 2.61. The molecule has 0 radical (unpaired) electrons. The van der Waals surface area contributed by atoms with Crippen LogP contribution >= 0.6 is 11.6 Å². The number of anilines is 2. The first-order valence-corrected chi connectivity index (χ1v) is 12.6. The molecule has 4 aliphatic carbocycles. The number of rotatable bonds is 6. The fourth-order valence-electron chi connectivity index (χ4n) is 7.14. The third kappa shape index (κ3) is 3.90. The van der Waals surface area contributed by atoms with Gasteiger partial charge < -0.3 is 10.1 Å². The molecule has 0 spiro atoms. The van der Waals surface area contributed by atoms with Gasteiger partial charge in [0.25, 0.3) is 0 Å². The fourth-order valence-corrected chi connectivity index (χ4v) is 7.37. The molecule has 0 unspecified atom stereocenters. The normalized spacial score (nSPS) is 27.8. The maximum atomic E-state index is 11.8. The first-order valence-electron chi connectivity index (χ1n) is 12.2. The number of benzene rings is 2. The van der Waals surface area contributed by atoms with Crippen LogP contribution < -0.4 is 5.32 Å². The SMILES string of the molecule is CCOC(=O)Cn1cc2cc(Nc3ccc(C45CC6CC(CC(C6)C4)C5)cc3Cl)ccc2n1. The third-order valence-corrected chi connectivity index (χ3v) is 8.36. The number of nitrogens with one attached hydrogen (secondary N) is 1. The number of fused-ring (bicyclic) bond motifs is 1. The van der Waals surface area contributed by atoms with Gasteiger partial charge in [-0.15, -0.1) is 0 Å². The van der Waals surface area contributed by atoms with Crippen LogP contribution in [0, 0.1) is 17.8 Å². The molecule has 0 saturated heterocycles. The highest BCUT2D eigenvalue weighted by Gasteiger charge is 2.51. The van der Waals surface area contributed by atoms with Gasteiger partial charge in [0.15, 0.2) is 0 Å². The maximum absolute atomic E-state index is 11.8. The summed E-state index contributed by atoms with van der Waals surface area (Å²) in [5.74, 6) is 2.48. The molecule has 4 aliphatic rings. The summed E-state index contributed by atoms with van der Waals surface area (Å²) >= 11 is 6.80. The van der Waals surface area contributed by atoms with Crippen molar-refractivity contribution in [1.29, 1.82) is 0 Å². The molecular weight excluding hydrogens is 434 g/mol. The molecule has 5 nitrogen and oxygen atoms in total. The van der Waals surface area contributed by atoms with Crippen molar-refractivity contribution in [3.8, 4) is 0 Å². The molecule has 3 aromatic rings. The van der Waals surface area contributed by atoms with E-state index in [-0.39, 0.29) is 12.5 Å². The van der Waals surface area contributed by atoms with Crippen molar-refractivity contribution >= 4 is 39.8 Å². The summed E-state index contributed by atoms with van der Waals surface area (Å²) in [6.45, 7) is 2.29. The summed E-state index contributed by atoms with van der Waals surface area (Å²) in [5.41, 5.74) is 4.50. The number of esters is 1. The van der Waals surface area contributed by atoms with Crippen LogP contribution in [0.15, 0.2) is 42.6 Å². The number of carbonyl (C=O) groups excluding carboxylic acids is 1. The van der Waals surface area contributed by atoms with Crippen LogP contribution in [0.1, 0.15) is 51.0 Å².